The second kappa shape index (κ2) is 5.96. The Morgan fingerprint density at radius 2 is 1.95 bits per heavy atom. The summed E-state index contributed by atoms with van der Waals surface area (Å²) in [7, 11) is 0. The van der Waals surface area contributed by atoms with Crippen LogP contribution in [0.1, 0.15) is 30.4 Å². The minimum absolute atomic E-state index is 0.321. The van der Waals surface area contributed by atoms with Crippen LogP contribution in [-0.2, 0) is 11.2 Å². The van der Waals surface area contributed by atoms with Crippen LogP contribution in [0.2, 0.25) is 0 Å². The first-order valence-corrected chi connectivity index (χ1v) is 7.80. The van der Waals surface area contributed by atoms with E-state index in [9.17, 15) is 4.79 Å². The molecule has 3 nitrogen and oxygen atoms in total. The maximum absolute atomic E-state index is 12.3. The summed E-state index contributed by atoms with van der Waals surface area (Å²) in [5, 5.41) is 0. The van der Waals surface area contributed by atoms with Crippen LogP contribution < -0.4 is 0 Å². The summed E-state index contributed by atoms with van der Waals surface area (Å²) in [5.74, 6) is 0.321. The van der Waals surface area contributed by atoms with Gasteiger partial charge in [-0.15, -0.1) is 0 Å². The number of hydrogen-bond acceptors (Lipinski definition) is 2. The number of hydrogen-bond donors (Lipinski definition) is 0. The summed E-state index contributed by atoms with van der Waals surface area (Å²) in [6.07, 6.45) is 4.23. The lowest BCUT2D eigenvalue weighted by Gasteiger charge is -2.34. The number of aryl methyl sites for hydroxylation is 2. The summed E-state index contributed by atoms with van der Waals surface area (Å²) in [6, 6.07) is 9.30. The Morgan fingerprint density at radius 3 is 2.60 bits per heavy atom. The lowest BCUT2D eigenvalue weighted by molar-refractivity contribution is -0.133. The highest BCUT2D eigenvalue weighted by molar-refractivity contribution is 5.76. The zero-order chi connectivity index (χ0) is 13.9. The van der Waals surface area contributed by atoms with Crippen molar-refractivity contribution in [1.29, 1.82) is 0 Å². The van der Waals surface area contributed by atoms with Gasteiger partial charge in [-0.25, -0.2) is 0 Å². The Balaban J connectivity index is 1.45. The maximum atomic E-state index is 12.3. The fourth-order valence-electron chi connectivity index (χ4n) is 3.05. The van der Waals surface area contributed by atoms with E-state index < -0.39 is 0 Å². The molecule has 0 unspecified atom stereocenters. The Kier molecular flexibility index (Phi) is 4.06. The Bertz CT molecular complexity index is 474. The average molecular weight is 272 g/mol. The standard InChI is InChI=1S/C17H24N2O/c1-14-3-2-4-15(13-14)5-8-17(20)19-11-9-18(10-12-19)16-6-7-16/h2-4,13,16H,5-12H2,1H3. The summed E-state index contributed by atoms with van der Waals surface area (Å²) in [4.78, 5) is 16.9. The largest absolute Gasteiger partial charge is 0.340 e. The van der Waals surface area contributed by atoms with Crippen LogP contribution in [0.5, 0.6) is 0 Å². The lowest BCUT2D eigenvalue weighted by Crippen LogP contribution is -2.49. The fourth-order valence-corrected chi connectivity index (χ4v) is 3.05. The lowest BCUT2D eigenvalue weighted by atomic mass is 10.1. The van der Waals surface area contributed by atoms with Crippen molar-refractivity contribution in [1.82, 2.24) is 9.80 Å². The van der Waals surface area contributed by atoms with Crippen LogP contribution in [0, 0.1) is 6.92 Å². The van der Waals surface area contributed by atoms with Gasteiger partial charge in [0.25, 0.3) is 0 Å². The number of piperazine rings is 1. The van der Waals surface area contributed by atoms with Crippen molar-refractivity contribution in [3.63, 3.8) is 0 Å². The van der Waals surface area contributed by atoms with E-state index in [1.807, 2.05) is 0 Å². The van der Waals surface area contributed by atoms with Gasteiger partial charge in [0.05, 0.1) is 0 Å². The van der Waals surface area contributed by atoms with Crippen molar-refractivity contribution in [2.24, 2.45) is 0 Å². The second-order valence-corrected chi connectivity index (χ2v) is 6.14. The molecule has 1 aromatic rings. The Labute approximate surface area is 121 Å². The number of carbonyl (C=O) groups excluding carboxylic acids is 1. The molecule has 20 heavy (non-hydrogen) atoms. The predicted octanol–water partition coefficient (Wildman–Crippen LogP) is 2.23. The van der Waals surface area contributed by atoms with Gasteiger partial charge in [0.1, 0.15) is 0 Å². The molecule has 0 spiro atoms. The van der Waals surface area contributed by atoms with E-state index >= 15 is 0 Å². The summed E-state index contributed by atoms with van der Waals surface area (Å²) < 4.78 is 0. The molecule has 1 heterocycles. The minimum atomic E-state index is 0.321. The molecule has 0 N–H and O–H groups in total. The van der Waals surface area contributed by atoms with E-state index in [0.717, 1.165) is 38.6 Å². The van der Waals surface area contributed by atoms with Crippen molar-refractivity contribution in [2.75, 3.05) is 26.2 Å². The van der Waals surface area contributed by atoms with Crippen molar-refractivity contribution in [2.45, 2.75) is 38.6 Å². The van der Waals surface area contributed by atoms with Crippen LogP contribution in [0.4, 0.5) is 0 Å². The average Bonchev–Trinajstić information content (AvgIpc) is 3.30. The van der Waals surface area contributed by atoms with Crippen LogP contribution in [0.3, 0.4) is 0 Å². The van der Waals surface area contributed by atoms with E-state index in [-0.39, 0.29) is 0 Å². The number of nitrogens with zero attached hydrogens (tertiary/aromatic N) is 2. The summed E-state index contributed by atoms with van der Waals surface area (Å²) >= 11 is 0. The zero-order valence-electron chi connectivity index (χ0n) is 12.3. The van der Waals surface area contributed by atoms with E-state index in [2.05, 4.69) is 41.0 Å². The van der Waals surface area contributed by atoms with Gasteiger partial charge in [0.2, 0.25) is 5.91 Å². The smallest absolute Gasteiger partial charge is 0.222 e. The van der Waals surface area contributed by atoms with E-state index in [1.54, 1.807) is 0 Å². The second-order valence-electron chi connectivity index (χ2n) is 6.14. The van der Waals surface area contributed by atoms with Gasteiger partial charge in [0.15, 0.2) is 0 Å². The quantitative estimate of drug-likeness (QED) is 0.839. The molecule has 1 aliphatic heterocycles. The minimum Gasteiger partial charge on any atom is -0.340 e. The maximum Gasteiger partial charge on any atom is 0.222 e. The molecular weight excluding hydrogens is 248 g/mol. The molecule has 0 radical (unpaired) electrons. The topological polar surface area (TPSA) is 23.6 Å². The molecule has 0 aromatic heterocycles. The third kappa shape index (κ3) is 3.40. The molecular formula is C17H24N2O. The zero-order valence-corrected chi connectivity index (χ0v) is 12.3. The molecule has 1 amide bonds. The highest BCUT2D eigenvalue weighted by Gasteiger charge is 2.31. The first-order chi connectivity index (χ1) is 9.72. The van der Waals surface area contributed by atoms with Crippen LogP contribution in [0.15, 0.2) is 24.3 Å². The highest BCUT2D eigenvalue weighted by Crippen LogP contribution is 2.27. The molecule has 0 bridgehead atoms. The molecule has 1 aromatic carbocycles. The fraction of sp³-hybridized carbons (Fsp3) is 0.588. The summed E-state index contributed by atoms with van der Waals surface area (Å²) in [5.41, 5.74) is 2.54. The molecule has 3 rings (SSSR count). The molecule has 1 aliphatic carbocycles. The van der Waals surface area contributed by atoms with Gasteiger partial charge in [0, 0.05) is 38.6 Å². The molecule has 0 atom stereocenters. The van der Waals surface area contributed by atoms with Crippen molar-refractivity contribution in [3.05, 3.63) is 35.4 Å². The summed E-state index contributed by atoms with van der Waals surface area (Å²) in [6.45, 7) is 6.08. The van der Waals surface area contributed by atoms with Crippen LogP contribution in [-0.4, -0.2) is 47.9 Å². The molecule has 2 aliphatic rings. The van der Waals surface area contributed by atoms with Crippen molar-refractivity contribution < 1.29 is 4.79 Å². The van der Waals surface area contributed by atoms with Gasteiger partial charge < -0.3 is 4.90 Å². The first kappa shape index (κ1) is 13.6. The van der Waals surface area contributed by atoms with E-state index in [1.165, 1.54) is 24.0 Å². The van der Waals surface area contributed by atoms with Gasteiger partial charge in [-0.2, -0.15) is 0 Å². The van der Waals surface area contributed by atoms with Gasteiger partial charge >= 0.3 is 0 Å². The molecule has 1 saturated heterocycles. The number of amides is 1. The molecule has 3 heteroatoms. The van der Waals surface area contributed by atoms with Crippen LogP contribution >= 0.6 is 0 Å². The van der Waals surface area contributed by atoms with Crippen molar-refractivity contribution >= 4 is 5.91 Å². The molecule has 2 fully saturated rings. The number of carbonyl (C=O) groups is 1. The Morgan fingerprint density at radius 1 is 1.20 bits per heavy atom. The van der Waals surface area contributed by atoms with E-state index in [0.29, 0.717) is 12.3 Å². The van der Waals surface area contributed by atoms with Gasteiger partial charge in [-0.3, -0.25) is 9.69 Å². The normalized spacial score (nSPS) is 20.1. The van der Waals surface area contributed by atoms with Gasteiger partial charge in [-0.05, 0) is 31.7 Å². The predicted molar refractivity (Wildman–Crippen MR) is 80.7 cm³/mol. The first-order valence-electron chi connectivity index (χ1n) is 7.80. The SMILES string of the molecule is Cc1cccc(CCC(=O)N2CCN(C3CC3)CC2)c1. The van der Waals surface area contributed by atoms with E-state index in [4.69, 9.17) is 0 Å². The molecule has 108 valence electrons. The monoisotopic (exact) mass is 272 g/mol. The Hall–Kier alpha value is -1.35. The van der Waals surface area contributed by atoms with Crippen LogP contribution in [0.25, 0.3) is 0 Å². The third-order valence-electron chi connectivity index (χ3n) is 4.44. The number of benzene rings is 1. The van der Waals surface area contributed by atoms with Gasteiger partial charge in [-0.1, -0.05) is 29.8 Å². The van der Waals surface area contributed by atoms with Crippen molar-refractivity contribution in [3.8, 4) is 0 Å². The molecule has 1 saturated carbocycles. The number of rotatable bonds is 4. The third-order valence-corrected chi connectivity index (χ3v) is 4.44. The highest BCUT2D eigenvalue weighted by atomic mass is 16.2.